The number of carbonyl (C=O) groups is 2. The van der Waals surface area contributed by atoms with Gasteiger partial charge in [0.25, 0.3) is 0 Å². The quantitative estimate of drug-likeness (QED) is 0.380. The van der Waals surface area contributed by atoms with E-state index in [9.17, 15) is 9.59 Å². The van der Waals surface area contributed by atoms with Gasteiger partial charge in [-0.3, -0.25) is 9.59 Å². The van der Waals surface area contributed by atoms with Crippen LogP contribution in [0, 0.1) is 5.41 Å². The van der Waals surface area contributed by atoms with Crippen LogP contribution >= 0.6 is 0 Å². The van der Waals surface area contributed by atoms with Crippen molar-refractivity contribution in [1.82, 2.24) is 0 Å². The summed E-state index contributed by atoms with van der Waals surface area (Å²) in [5.74, 6) is -1.04. The fourth-order valence-electron chi connectivity index (χ4n) is 1.77. The van der Waals surface area contributed by atoms with Crippen molar-refractivity contribution in [2.24, 2.45) is 5.41 Å². The van der Waals surface area contributed by atoms with Crippen LogP contribution in [0.5, 0.6) is 0 Å². The van der Waals surface area contributed by atoms with Crippen LogP contribution in [0.2, 0.25) is 0 Å². The van der Waals surface area contributed by atoms with Crippen molar-refractivity contribution in [3.8, 4) is 0 Å². The number of esters is 2. The molecule has 0 bridgehead atoms. The van der Waals surface area contributed by atoms with E-state index in [-0.39, 0.29) is 13.2 Å². The molecule has 0 rings (SSSR count). The largest absolute Gasteiger partial charge is 0.465 e. The maximum atomic E-state index is 12.1. The predicted molar refractivity (Wildman–Crippen MR) is 70.0 cm³/mol. The summed E-state index contributed by atoms with van der Waals surface area (Å²) in [7, 11) is 0. The Hall–Kier alpha value is -1.32. The number of hydrogen-bond acceptors (Lipinski definition) is 4. The van der Waals surface area contributed by atoms with E-state index in [1.165, 1.54) is 0 Å². The molecule has 104 valence electrons. The Kier molecular flexibility index (Phi) is 8.08. The number of carbonyl (C=O) groups excluding carboxylic acids is 2. The van der Waals surface area contributed by atoms with E-state index in [0.717, 1.165) is 12.8 Å². The van der Waals surface area contributed by atoms with Crippen molar-refractivity contribution in [2.45, 2.75) is 47.0 Å². The van der Waals surface area contributed by atoms with Crippen LogP contribution in [0.15, 0.2) is 12.2 Å². The van der Waals surface area contributed by atoms with E-state index < -0.39 is 17.4 Å². The number of ether oxygens (including phenoxy) is 2. The Morgan fingerprint density at radius 3 is 1.89 bits per heavy atom. The lowest BCUT2D eigenvalue weighted by atomic mass is 9.82. The third-order valence-electron chi connectivity index (χ3n) is 2.66. The van der Waals surface area contributed by atoms with Gasteiger partial charge >= 0.3 is 11.9 Å². The molecule has 0 unspecified atom stereocenters. The highest BCUT2D eigenvalue weighted by Crippen LogP contribution is 2.30. The molecule has 0 radical (unpaired) electrons. The van der Waals surface area contributed by atoms with Gasteiger partial charge in [0.05, 0.1) is 13.2 Å². The van der Waals surface area contributed by atoms with Gasteiger partial charge in [-0.05, 0) is 27.2 Å². The van der Waals surface area contributed by atoms with E-state index >= 15 is 0 Å². The molecule has 0 saturated carbocycles. The normalized spacial score (nSPS) is 11.6. The van der Waals surface area contributed by atoms with Crippen LogP contribution < -0.4 is 0 Å². The third kappa shape index (κ3) is 4.17. The highest BCUT2D eigenvalue weighted by atomic mass is 16.6. The number of hydrogen-bond donors (Lipinski definition) is 0. The second-order valence-electron chi connectivity index (χ2n) is 4.02. The van der Waals surface area contributed by atoms with E-state index in [0.29, 0.717) is 6.42 Å². The SMILES string of the molecule is CC=CC(CCCC)(C(=O)OCC)C(=O)OCC. The zero-order valence-corrected chi connectivity index (χ0v) is 11.8. The van der Waals surface area contributed by atoms with E-state index in [4.69, 9.17) is 9.47 Å². The summed E-state index contributed by atoms with van der Waals surface area (Å²) in [6, 6.07) is 0. The topological polar surface area (TPSA) is 52.6 Å². The van der Waals surface area contributed by atoms with Crippen LogP contribution in [0.25, 0.3) is 0 Å². The van der Waals surface area contributed by atoms with Crippen LogP contribution in [-0.2, 0) is 19.1 Å². The van der Waals surface area contributed by atoms with Crippen LogP contribution in [0.4, 0.5) is 0 Å². The van der Waals surface area contributed by atoms with Crippen LogP contribution in [0.3, 0.4) is 0 Å². The molecule has 0 aromatic rings. The molecule has 0 saturated heterocycles. The molecule has 18 heavy (non-hydrogen) atoms. The highest BCUT2D eigenvalue weighted by Gasteiger charge is 2.45. The second-order valence-corrected chi connectivity index (χ2v) is 4.02. The number of allylic oxidation sites excluding steroid dienone is 1. The van der Waals surface area contributed by atoms with Gasteiger partial charge in [-0.1, -0.05) is 31.9 Å². The molecule has 0 fully saturated rings. The first-order valence-corrected chi connectivity index (χ1v) is 6.57. The molecule has 0 aliphatic heterocycles. The van der Waals surface area contributed by atoms with E-state index in [1.807, 2.05) is 6.92 Å². The zero-order chi connectivity index (χ0) is 14.0. The van der Waals surface area contributed by atoms with Gasteiger partial charge < -0.3 is 9.47 Å². The summed E-state index contributed by atoms with van der Waals surface area (Å²) >= 11 is 0. The highest BCUT2D eigenvalue weighted by molar-refractivity contribution is 6.02. The Morgan fingerprint density at radius 1 is 1.06 bits per heavy atom. The number of unbranched alkanes of at least 4 members (excludes halogenated alkanes) is 1. The molecule has 0 spiro atoms. The van der Waals surface area contributed by atoms with Gasteiger partial charge in [0.15, 0.2) is 5.41 Å². The Balaban J connectivity index is 5.26. The lowest BCUT2D eigenvalue weighted by molar-refractivity contribution is -0.168. The fourth-order valence-corrected chi connectivity index (χ4v) is 1.77. The van der Waals surface area contributed by atoms with Gasteiger partial charge in [-0.15, -0.1) is 0 Å². The lowest BCUT2D eigenvalue weighted by Gasteiger charge is -2.25. The van der Waals surface area contributed by atoms with Gasteiger partial charge in [0.1, 0.15) is 0 Å². The molecule has 4 nitrogen and oxygen atoms in total. The van der Waals surface area contributed by atoms with Crippen molar-refractivity contribution in [1.29, 1.82) is 0 Å². The maximum absolute atomic E-state index is 12.1. The molecule has 0 atom stereocenters. The summed E-state index contributed by atoms with van der Waals surface area (Å²) < 4.78 is 10.1. The monoisotopic (exact) mass is 256 g/mol. The first-order chi connectivity index (χ1) is 8.58. The first kappa shape index (κ1) is 16.7. The second kappa shape index (κ2) is 8.72. The van der Waals surface area contributed by atoms with Gasteiger partial charge in [-0.25, -0.2) is 0 Å². The van der Waals surface area contributed by atoms with Gasteiger partial charge in [0, 0.05) is 0 Å². The first-order valence-electron chi connectivity index (χ1n) is 6.57. The van der Waals surface area contributed by atoms with Gasteiger partial charge in [0.2, 0.25) is 0 Å². The van der Waals surface area contributed by atoms with Crippen molar-refractivity contribution >= 4 is 11.9 Å². The Morgan fingerprint density at radius 2 is 1.56 bits per heavy atom. The van der Waals surface area contributed by atoms with E-state index in [2.05, 4.69) is 0 Å². The summed E-state index contributed by atoms with van der Waals surface area (Å²) in [6.07, 6.45) is 5.38. The van der Waals surface area contributed by atoms with Crippen molar-refractivity contribution in [3.05, 3.63) is 12.2 Å². The molecular formula is C14H24O4. The Bertz CT molecular complexity index is 276. The molecule has 0 amide bonds. The average molecular weight is 256 g/mol. The summed E-state index contributed by atoms with van der Waals surface area (Å²) in [5.41, 5.74) is -1.28. The zero-order valence-electron chi connectivity index (χ0n) is 11.8. The van der Waals surface area contributed by atoms with Crippen molar-refractivity contribution in [3.63, 3.8) is 0 Å². The minimum Gasteiger partial charge on any atom is -0.465 e. The smallest absolute Gasteiger partial charge is 0.327 e. The molecule has 0 aromatic carbocycles. The Labute approximate surface area is 109 Å². The minimum absolute atomic E-state index is 0.254. The van der Waals surface area contributed by atoms with Crippen molar-refractivity contribution < 1.29 is 19.1 Å². The third-order valence-corrected chi connectivity index (χ3v) is 2.66. The molecule has 0 heterocycles. The molecule has 0 aliphatic rings. The number of rotatable bonds is 8. The predicted octanol–water partition coefficient (Wildman–Crippen LogP) is 2.87. The van der Waals surface area contributed by atoms with Gasteiger partial charge in [-0.2, -0.15) is 0 Å². The lowest BCUT2D eigenvalue weighted by Crippen LogP contribution is -2.40. The minimum atomic E-state index is -1.28. The summed E-state index contributed by atoms with van der Waals surface area (Å²) in [4.78, 5) is 24.2. The molecular weight excluding hydrogens is 232 g/mol. The average Bonchev–Trinajstić information content (AvgIpc) is 2.35. The van der Waals surface area contributed by atoms with E-state index in [1.54, 1.807) is 32.9 Å². The standard InChI is InChI=1S/C14H24O4/c1-5-9-11-14(10-6-2,12(15)17-7-3)13(16)18-8-4/h6,10H,5,7-9,11H2,1-4H3. The molecule has 0 aromatic heterocycles. The van der Waals surface area contributed by atoms with Crippen molar-refractivity contribution in [2.75, 3.05) is 13.2 Å². The van der Waals surface area contributed by atoms with Crippen LogP contribution in [0.1, 0.15) is 47.0 Å². The summed E-state index contributed by atoms with van der Waals surface area (Å²) in [5, 5.41) is 0. The molecule has 0 aliphatic carbocycles. The fraction of sp³-hybridized carbons (Fsp3) is 0.714. The molecule has 0 N–H and O–H groups in total. The summed E-state index contributed by atoms with van der Waals surface area (Å²) in [6.45, 7) is 7.75. The van der Waals surface area contributed by atoms with Crippen LogP contribution in [-0.4, -0.2) is 25.2 Å². The molecule has 4 heteroatoms. The maximum Gasteiger partial charge on any atom is 0.327 e.